The van der Waals surface area contributed by atoms with E-state index in [4.69, 9.17) is 0 Å². The molecule has 2 aromatic rings. The Balaban J connectivity index is 2.27. The summed E-state index contributed by atoms with van der Waals surface area (Å²) in [6, 6.07) is 13.6. The molecule has 1 N–H and O–H groups in total. The zero-order valence-corrected chi connectivity index (χ0v) is 12.7. The van der Waals surface area contributed by atoms with Crippen LogP contribution in [0.4, 0.5) is 4.39 Å². The standard InChI is InChI=1S/C16H17BrFN/c1-11-5-3-4-6-14(11)16(19-2)9-12-7-8-13(17)10-15(12)18/h3-8,10,16,19H,9H2,1-2H3. The Bertz CT molecular complexity index is 568. The van der Waals surface area contributed by atoms with E-state index in [1.165, 1.54) is 17.2 Å². The van der Waals surface area contributed by atoms with Gasteiger partial charge in [-0.05, 0) is 49.2 Å². The number of benzene rings is 2. The van der Waals surface area contributed by atoms with Crippen molar-refractivity contribution >= 4 is 15.9 Å². The molecule has 1 unspecified atom stereocenters. The molecule has 2 aromatic carbocycles. The maximum atomic E-state index is 13.9. The van der Waals surface area contributed by atoms with Gasteiger partial charge in [-0.2, -0.15) is 0 Å². The topological polar surface area (TPSA) is 12.0 Å². The summed E-state index contributed by atoms with van der Waals surface area (Å²) in [5.74, 6) is -0.164. The second-order valence-electron chi connectivity index (χ2n) is 4.64. The van der Waals surface area contributed by atoms with E-state index < -0.39 is 0 Å². The van der Waals surface area contributed by atoms with Crippen molar-refractivity contribution in [3.63, 3.8) is 0 Å². The van der Waals surface area contributed by atoms with Gasteiger partial charge >= 0.3 is 0 Å². The summed E-state index contributed by atoms with van der Waals surface area (Å²) in [6.07, 6.45) is 0.639. The fraction of sp³-hybridized carbons (Fsp3) is 0.250. The van der Waals surface area contributed by atoms with Gasteiger partial charge in [0, 0.05) is 10.5 Å². The summed E-state index contributed by atoms with van der Waals surface area (Å²) in [5.41, 5.74) is 3.16. The summed E-state index contributed by atoms with van der Waals surface area (Å²) < 4.78 is 14.7. The number of hydrogen-bond acceptors (Lipinski definition) is 1. The van der Waals surface area contributed by atoms with Gasteiger partial charge in [-0.1, -0.05) is 46.3 Å². The molecule has 19 heavy (non-hydrogen) atoms. The Morgan fingerprint density at radius 3 is 2.58 bits per heavy atom. The minimum absolute atomic E-state index is 0.122. The third-order valence-corrected chi connectivity index (χ3v) is 3.84. The predicted octanol–water partition coefficient (Wildman–Crippen LogP) is 4.40. The third-order valence-electron chi connectivity index (χ3n) is 3.35. The van der Waals surface area contributed by atoms with Crippen molar-refractivity contribution in [3.8, 4) is 0 Å². The highest BCUT2D eigenvalue weighted by Gasteiger charge is 2.14. The largest absolute Gasteiger partial charge is 0.313 e. The molecule has 0 fully saturated rings. The van der Waals surface area contributed by atoms with E-state index in [2.05, 4.69) is 40.3 Å². The molecule has 0 aliphatic heterocycles. The van der Waals surface area contributed by atoms with Crippen LogP contribution in [0, 0.1) is 12.7 Å². The first-order valence-electron chi connectivity index (χ1n) is 6.28. The van der Waals surface area contributed by atoms with Crippen LogP contribution in [0.1, 0.15) is 22.7 Å². The van der Waals surface area contributed by atoms with Crippen LogP contribution in [0.3, 0.4) is 0 Å². The molecule has 0 radical (unpaired) electrons. The minimum atomic E-state index is -0.164. The van der Waals surface area contributed by atoms with Gasteiger partial charge < -0.3 is 5.32 Å². The van der Waals surface area contributed by atoms with Crippen molar-refractivity contribution in [3.05, 3.63) is 69.4 Å². The van der Waals surface area contributed by atoms with E-state index in [9.17, 15) is 4.39 Å². The molecule has 0 bridgehead atoms. The van der Waals surface area contributed by atoms with Crippen molar-refractivity contribution in [1.82, 2.24) is 5.32 Å². The van der Waals surface area contributed by atoms with Gasteiger partial charge in [-0.25, -0.2) is 4.39 Å². The van der Waals surface area contributed by atoms with Gasteiger partial charge in [0.15, 0.2) is 0 Å². The molecule has 100 valence electrons. The van der Waals surface area contributed by atoms with Gasteiger partial charge in [0.1, 0.15) is 5.82 Å². The summed E-state index contributed by atoms with van der Waals surface area (Å²) in [7, 11) is 1.91. The van der Waals surface area contributed by atoms with Crippen LogP contribution >= 0.6 is 15.9 Å². The van der Waals surface area contributed by atoms with Gasteiger partial charge in [-0.15, -0.1) is 0 Å². The number of hydrogen-bond donors (Lipinski definition) is 1. The molecule has 1 nitrogen and oxygen atoms in total. The first-order valence-corrected chi connectivity index (χ1v) is 7.08. The molecule has 0 spiro atoms. The lowest BCUT2D eigenvalue weighted by Gasteiger charge is -2.19. The first-order chi connectivity index (χ1) is 9.11. The van der Waals surface area contributed by atoms with Crippen molar-refractivity contribution in [1.29, 1.82) is 0 Å². The fourth-order valence-electron chi connectivity index (χ4n) is 2.25. The molecule has 0 aliphatic carbocycles. The maximum absolute atomic E-state index is 13.9. The van der Waals surface area contributed by atoms with Crippen LogP contribution in [0.2, 0.25) is 0 Å². The molecule has 0 aromatic heterocycles. The number of nitrogens with one attached hydrogen (secondary N) is 1. The normalized spacial score (nSPS) is 12.4. The zero-order chi connectivity index (χ0) is 13.8. The molecule has 0 heterocycles. The van der Waals surface area contributed by atoms with Crippen molar-refractivity contribution < 1.29 is 4.39 Å². The highest BCUT2D eigenvalue weighted by atomic mass is 79.9. The summed E-state index contributed by atoms with van der Waals surface area (Å²) in [6.45, 7) is 2.08. The van der Waals surface area contributed by atoms with Crippen LogP contribution in [-0.4, -0.2) is 7.05 Å². The Morgan fingerprint density at radius 2 is 1.95 bits per heavy atom. The molecular formula is C16H17BrFN. The summed E-state index contributed by atoms with van der Waals surface area (Å²) in [5, 5.41) is 3.27. The van der Waals surface area contributed by atoms with Crippen molar-refractivity contribution in [2.45, 2.75) is 19.4 Å². The molecule has 3 heteroatoms. The van der Waals surface area contributed by atoms with Gasteiger partial charge in [0.2, 0.25) is 0 Å². The van der Waals surface area contributed by atoms with Gasteiger partial charge in [0.25, 0.3) is 0 Å². The van der Waals surface area contributed by atoms with E-state index in [0.717, 1.165) is 10.0 Å². The van der Waals surface area contributed by atoms with Crippen LogP contribution in [0.15, 0.2) is 46.9 Å². The Morgan fingerprint density at radius 1 is 1.21 bits per heavy atom. The SMILES string of the molecule is CNC(Cc1ccc(Br)cc1F)c1ccccc1C. The monoisotopic (exact) mass is 321 g/mol. The van der Waals surface area contributed by atoms with E-state index in [1.807, 2.05) is 31.3 Å². The molecule has 1 atom stereocenters. The molecule has 2 rings (SSSR count). The van der Waals surface area contributed by atoms with Crippen LogP contribution in [-0.2, 0) is 6.42 Å². The van der Waals surface area contributed by atoms with Crippen LogP contribution in [0.25, 0.3) is 0 Å². The highest BCUT2D eigenvalue weighted by molar-refractivity contribution is 9.10. The molecule has 0 saturated heterocycles. The van der Waals surface area contributed by atoms with Crippen LogP contribution < -0.4 is 5.32 Å². The minimum Gasteiger partial charge on any atom is -0.313 e. The number of likely N-dealkylation sites (N-methyl/N-ethyl adjacent to an activating group) is 1. The second kappa shape index (κ2) is 6.31. The number of rotatable bonds is 4. The van der Waals surface area contributed by atoms with Gasteiger partial charge in [0.05, 0.1) is 0 Å². The summed E-state index contributed by atoms with van der Waals surface area (Å²) in [4.78, 5) is 0. The third kappa shape index (κ3) is 3.43. The zero-order valence-electron chi connectivity index (χ0n) is 11.1. The average Bonchev–Trinajstić information content (AvgIpc) is 2.39. The average molecular weight is 322 g/mol. The smallest absolute Gasteiger partial charge is 0.127 e. The highest BCUT2D eigenvalue weighted by Crippen LogP contribution is 2.24. The Kier molecular flexibility index (Phi) is 4.72. The first kappa shape index (κ1) is 14.2. The molecule has 0 amide bonds. The molecule has 0 saturated carbocycles. The van der Waals surface area contributed by atoms with E-state index >= 15 is 0 Å². The molecule has 0 aliphatic rings. The maximum Gasteiger partial charge on any atom is 0.127 e. The van der Waals surface area contributed by atoms with Crippen molar-refractivity contribution in [2.75, 3.05) is 7.05 Å². The van der Waals surface area contributed by atoms with Gasteiger partial charge in [-0.3, -0.25) is 0 Å². The van der Waals surface area contributed by atoms with E-state index in [1.54, 1.807) is 0 Å². The van der Waals surface area contributed by atoms with E-state index in [0.29, 0.717) is 6.42 Å². The summed E-state index contributed by atoms with van der Waals surface area (Å²) >= 11 is 3.28. The van der Waals surface area contributed by atoms with E-state index in [-0.39, 0.29) is 11.9 Å². The Hall–Kier alpha value is -1.19. The van der Waals surface area contributed by atoms with Crippen molar-refractivity contribution in [2.24, 2.45) is 0 Å². The second-order valence-corrected chi connectivity index (χ2v) is 5.55. The fourth-order valence-corrected chi connectivity index (χ4v) is 2.59. The number of aryl methyl sites for hydroxylation is 1. The lowest BCUT2D eigenvalue weighted by molar-refractivity contribution is 0.552. The quantitative estimate of drug-likeness (QED) is 0.880. The number of halogens is 2. The van der Waals surface area contributed by atoms with Crippen LogP contribution in [0.5, 0.6) is 0 Å². The lowest BCUT2D eigenvalue weighted by atomic mass is 9.95. The Labute approximate surface area is 122 Å². The lowest BCUT2D eigenvalue weighted by Crippen LogP contribution is -2.20. The predicted molar refractivity (Wildman–Crippen MR) is 80.8 cm³/mol. The molecular weight excluding hydrogens is 305 g/mol.